The van der Waals surface area contributed by atoms with Gasteiger partial charge in [-0.1, -0.05) is 0 Å². The molecule has 20 heavy (non-hydrogen) atoms. The van der Waals surface area contributed by atoms with E-state index in [4.69, 9.17) is 9.84 Å². The van der Waals surface area contributed by atoms with Crippen molar-refractivity contribution in [2.24, 2.45) is 0 Å². The summed E-state index contributed by atoms with van der Waals surface area (Å²) in [6.07, 6.45) is -0.0845. The van der Waals surface area contributed by atoms with E-state index in [0.29, 0.717) is 12.8 Å². The highest BCUT2D eigenvalue weighted by molar-refractivity contribution is 5.83. The summed E-state index contributed by atoms with van der Waals surface area (Å²) in [6, 6.07) is -1.33. The minimum absolute atomic E-state index is 0.216. The molecule has 7 nitrogen and oxygen atoms in total. The first-order chi connectivity index (χ1) is 9.15. The average Bonchev–Trinajstić information content (AvgIpc) is 2.68. The number of nitrogens with zero attached hydrogens (tertiary/aromatic N) is 1. The lowest BCUT2D eigenvalue weighted by atomic mass is 10.1. The summed E-state index contributed by atoms with van der Waals surface area (Å²) >= 11 is 0. The second-order valence-electron chi connectivity index (χ2n) is 5.76. The van der Waals surface area contributed by atoms with E-state index < -0.39 is 35.7 Å². The van der Waals surface area contributed by atoms with Crippen LogP contribution in [0, 0.1) is 0 Å². The molecule has 1 heterocycles. The Labute approximate surface area is 117 Å². The maximum atomic E-state index is 12.2. The molecule has 1 aliphatic rings. The third-order valence-electron chi connectivity index (χ3n) is 2.99. The van der Waals surface area contributed by atoms with Crippen LogP contribution in [0.4, 0.5) is 4.79 Å². The molecule has 0 radical (unpaired) electrons. The molecular formula is C13H21NO6. The Morgan fingerprint density at radius 3 is 2.30 bits per heavy atom. The monoisotopic (exact) mass is 287 g/mol. The van der Waals surface area contributed by atoms with Gasteiger partial charge in [-0.05, 0) is 33.6 Å². The van der Waals surface area contributed by atoms with Crippen LogP contribution in [-0.4, -0.2) is 52.8 Å². The molecule has 0 saturated carbocycles. The Morgan fingerprint density at radius 2 is 1.85 bits per heavy atom. The van der Waals surface area contributed by atoms with Gasteiger partial charge in [-0.15, -0.1) is 0 Å². The van der Waals surface area contributed by atoms with E-state index in [1.807, 2.05) is 0 Å². The molecule has 114 valence electrons. The van der Waals surface area contributed by atoms with Crippen molar-refractivity contribution in [2.75, 3.05) is 7.11 Å². The summed E-state index contributed by atoms with van der Waals surface area (Å²) in [5, 5.41) is 8.89. The van der Waals surface area contributed by atoms with Crippen LogP contribution in [0.25, 0.3) is 0 Å². The number of carboxylic acid groups (broad SMARTS) is 1. The van der Waals surface area contributed by atoms with E-state index in [1.165, 1.54) is 12.0 Å². The summed E-state index contributed by atoms with van der Waals surface area (Å²) in [5.41, 5.74) is -0.714. The molecule has 7 heteroatoms. The van der Waals surface area contributed by atoms with Gasteiger partial charge < -0.3 is 14.6 Å². The molecule has 1 aliphatic heterocycles. The number of carbonyl (C=O) groups excluding carboxylic acids is 2. The van der Waals surface area contributed by atoms with Crippen molar-refractivity contribution in [1.29, 1.82) is 0 Å². The quantitative estimate of drug-likeness (QED) is 0.789. The first-order valence-corrected chi connectivity index (χ1v) is 6.46. The Hall–Kier alpha value is -1.79. The van der Waals surface area contributed by atoms with E-state index >= 15 is 0 Å². The van der Waals surface area contributed by atoms with Crippen molar-refractivity contribution >= 4 is 18.0 Å². The van der Waals surface area contributed by atoms with Gasteiger partial charge in [0, 0.05) is 6.04 Å². The maximum Gasteiger partial charge on any atom is 0.411 e. The van der Waals surface area contributed by atoms with Crippen LogP contribution in [0.1, 0.15) is 40.0 Å². The fraction of sp³-hybridized carbons (Fsp3) is 0.769. The van der Waals surface area contributed by atoms with E-state index in [-0.39, 0.29) is 6.42 Å². The molecule has 0 bridgehead atoms. The van der Waals surface area contributed by atoms with Gasteiger partial charge in [-0.2, -0.15) is 0 Å². The molecule has 1 N–H and O–H groups in total. The van der Waals surface area contributed by atoms with Crippen molar-refractivity contribution in [3.05, 3.63) is 0 Å². The molecule has 0 aromatic rings. The Kier molecular flexibility index (Phi) is 4.97. The zero-order valence-electron chi connectivity index (χ0n) is 12.2. The number of carboxylic acids is 1. The van der Waals surface area contributed by atoms with Crippen LogP contribution in [0.3, 0.4) is 0 Å². The predicted molar refractivity (Wildman–Crippen MR) is 69.2 cm³/mol. The highest BCUT2D eigenvalue weighted by Gasteiger charge is 2.44. The van der Waals surface area contributed by atoms with E-state index in [0.717, 1.165) is 0 Å². The molecule has 1 rings (SSSR count). The number of aliphatic carboxylic acids is 1. The fourth-order valence-electron chi connectivity index (χ4n) is 2.24. The Morgan fingerprint density at radius 1 is 1.25 bits per heavy atom. The van der Waals surface area contributed by atoms with Crippen LogP contribution in [0.15, 0.2) is 0 Å². The van der Waals surface area contributed by atoms with Crippen LogP contribution in [0.5, 0.6) is 0 Å². The molecule has 1 amide bonds. The minimum Gasteiger partial charge on any atom is -0.481 e. The van der Waals surface area contributed by atoms with Gasteiger partial charge in [-0.25, -0.2) is 9.59 Å². The average molecular weight is 287 g/mol. The highest BCUT2D eigenvalue weighted by Crippen LogP contribution is 2.29. The van der Waals surface area contributed by atoms with Crippen molar-refractivity contribution in [3.8, 4) is 0 Å². The molecule has 0 unspecified atom stereocenters. The van der Waals surface area contributed by atoms with Crippen LogP contribution >= 0.6 is 0 Å². The van der Waals surface area contributed by atoms with Gasteiger partial charge in [0.05, 0.1) is 13.5 Å². The number of hydrogen-bond acceptors (Lipinski definition) is 5. The third-order valence-corrected chi connectivity index (χ3v) is 2.99. The molecule has 0 spiro atoms. The Bertz CT molecular complexity index is 400. The summed E-state index contributed by atoms with van der Waals surface area (Å²) in [5.74, 6) is -1.57. The largest absolute Gasteiger partial charge is 0.481 e. The number of likely N-dealkylation sites (tertiary alicyclic amines) is 1. The number of amides is 1. The number of hydrogen-bond donors (Lipinski definition) is 1. The van der Waals surface area contributed by atoms with E-state index in [9.17, 15) is 14.4 Å². The number of esters is 1. The van der Waals surface area contributed by atoms with Gasteiger partial charge in [0.2, 0.25) is 0 Å². The Balaban J connectivity index is 2.92. The second kappa shape index (κ2) is 6.11. The molecule has 0 aromatic carbocycles. The van der Waals surface area contributed by atoms with E-state index in [2.05, 4.69) is 4.74 Å². The molecule has 0 aromatic heterocycles. The number of ether oxygens (including phenoxy) is 2. The van der Waals surface area contributed by atoms with Crippen LogP contribution < -0.4 is 0 Å². The number of carbonyl (C=O) groups is 3. The fourth-order valence-corrected chi connectivity index (χ4v) is 2.24. The SMILES string of the molecule is COC(=O)[C@H]1CC[C@H](CC(=O)O)N1C(=O)OC(C)(C)C. The van der Waals surface area contributed by atoms with Gasteiger partial charge >= 0.3 is 18.0 Å². The van der Waals surface area contributed by atoms with Gasteiger partial charge in [0.1, 0.15) is 11.6 Å². The smallest absolute Gasteiger partial charge is 0.411 e. The normalized spacial score (nSPS) is 22.5. The number of methoxy groups -OCH3 is 1. The van der Waals surface area contributed by atoms with Crippen LogP contribution in [0.2, 0.25) is 0 Å². The molecule has 1 saturated heterocycles. The molecule has 1 fully saturated rings. The summed E-state index contributed by atoms with van der Waals surface area (Å²) in [4.78, 5) is 36.0. The van der Waals surface area contributed by atoms with Crippen molar-refractivity contribution in [3.63, 3.8) is 0 Å². The van der Waals surface area contributed by atoms with Crippen molar-refractivity contribution in [1.82, 2.24) is 4.90 Å². The lowest BCUT2D eigenvalue weighted by molar-refractivity contribution is -0.147. The maximum absolute atomic E-state index is 12.2. The third kappa shape index (κ3) is 4.11. The molecule has 2 atom stereocenters. The highest BCUT2D eigenvalue weighted by atomic mass is 16.6. The van der Waals surface area contributed by atoms with E-state index in [1.54, 1.807) is 20.8 Å². The minimum atomic E-state index is -1.02. The van der Waals surface area contributed by atoms with Crippen LogP contribution in [-0.2, 0) is 19.1 Å². The topological polar surface area (TPSA) is 93.1 Å². The summed E-state index contributed by atoms with van der Waals surface area (Å²) < 4.78 is 9.91. The molecular weight excluding hydrogens is 266 g/mol. The summed E-state index contributed by atoms with van der Waals surface area (Å²) in [7, 11) is 1.24. The lowest BCUT2D eigenvalue weighted by Crippen LogP contribution is -2.48. The van der Waals surface area contributed by atoms with Crippen molar-refractivity contribution in [2.45, 2.75) is 57.7 Å². The first-order valence-electron chi connectivity index (χ1n) is 6.46. The summed E-state index contributed by atoms with van der Waals surface area (Å²) in [6.45, 7) is 5.13. The van der Waals surface area contributed by atoms with Gasteiger partial charge in [0.25, 0.3) is 0 Å². The zero-order chi connectivity index (χ0) is 15.5. The molecule has 0 aliphatic carbocycles. The second-order valence-corrected chi connectivity index (χ2v) is 5.76. The van der Waals surface area contributed by atoms with Gasteiger partial charge in [-0.3, -0.25) is 9.69 Å². The van der Waals surface area contributed by atoms with Crippen molar-refractivity contribution < 1.29 is 29.0 Å². The predicted octanol–water partition coefficient (Wildman–Crippen LogP) is 1.40. The standard InChI is InChI=1S/C13H21NO6/c1-13(2,3)20-12(18)14-8(7-10(15)16)5-6-9(14)11(17)19-4/h8-9H,5-7H2,1-4H3,(H,15,16)/t8-,9-/m1/s1. The zero-order valence-corrected chi connectivity index (χ0v) is 12.2. The first kappa shape index (κ1) is 16.3. The lowest BCUT2D eigenvalue weighted by Gasteiger charge is -2.31. The number of rotatable bonds is 3. The van der Waals surface area contributed by atoms with Gasteiger partial charge in [0.15, 0.2) is 0 Å².